The van der Waals surface area contributed by atoms with Gasteiger partial charge in [0.05, 0.1) is 55.2 Å². The molecule has 5 aromatic rings. The second-order valence-electron chi connectivity index (χ2n) is 11.2. The van der Waals surface area contributed by atoms with Gasteiger partial charge in [-0.15, -0.1) is 11.3 Å². The number of morpholine rings is 1. The van der Waals surface area contributed by atoms with Crippen LogP contribution in [0.5, 0.6) is 5.88 Å². The number of hydrogen-bond donors (Lipinski definition) is 2. The number of carbonyl (C=O) groups is 1. The van der Waals surface area contributed by atoms with Crippen molar-refractivity contribution in [3.63, 3.8) is 0 Å². The third kappa shape index (κ3) is 6.47. The number of hydrogen-bond acceptors (Lipinski definition) is 11. The molecule has 0 spiro atoms. The highest BCUT2D eigenvalue weighted by atomic mass is 32.2. The Hall–Kier alpha value is -4.18. The molecule has 1 aliphatic rings. The molecule has 236 valence electrons. The lowest BCUT2D eigenvalue weighted by Crippen LogP contribution is -2.44. The van der Waals surface area contributed by atoms with Gasteiger partial charge in [-0.2, -0.15) is 5.10 Å². The molecule has 1 saturated heterocycles. The first-order chi connectivity index (χ1) is 21.5. The molecule has 0 saturated carbocycles. The highest BCUT2D eigenvalue weighted by Gasteiger charge is 2.25. The second kappa shape index (κ2) is 12.3. The normalized spacial score (nSPS) is 17.5. The highest BCUT2D eigenvalue weighted by molar-refractivity contribution is 7.90. The van der Waals surface area contributed by atoms with E-state index >= 15 is 0 Å². The summed E-state index contributed by atoms with van der Waals surface area (Å²) in [6.45, 7) is 8.13. The lowest BCUT2D eigenvalue weighted by Gasteiger charge is -2.34. The first-order valence-corrected chi connectivity index (χ1v) is 16.9. The molecule has 0 unspecified atom stereocenters. The van der Waals surface area contributed by atoms with Crippen molar-refractivity contribution < 1.29 is 22.7 Å². The van der Waals surface area contributed by atoms with Crippen LogP contribution < -0.4 is 10.1 Å². The van der Waals surface area contributed by atoms with Gasteiger partial charge in [-0.3, -0.25) is 14.8 Å². The lowest BCUT2D eigenvalue weighted by atomic mass is 10.0. The molecule has 0 radical (unpaired) electrons. The molecule has 4 aromatic heterocycles. The van der Waals surface area contributed by atoms with E-state index in [-0.39, 0.29) is 34.8 Å². The number of pyridine rings is 1. The first kappa shape index (κ1) is 30.8. The average Bonchev–Trinajstić information content (AvgIpc) is 3.73. The number of ether oxygens (including phenoxy) is 2. The zero-order valence-electron chi connectivity index (χ0n) is 25.6. The minimum absolute atomic E-state index is 0.107. The Balaban J connectivity index is 1.26. The number of sulfone groups is 1. The van der Waals surface area contributed by atoms with E-state index in [2.05, 4.69) is 49.2 Å². The van der Waals surface area contributed by atoms with Gasteiger partial charge in [0.15, 0.2) is 14.9 Å². The van der Waals surface area contributed by atoms with Crippen LogP contribution in [0.2, 0.25) is 0 Å². The van der Waals surface area contributed by atoms with Gasteiger partial charge in [-0.05, 0) is 44.5 Å². The van der Waals surface area contributed by atoms with E-state index in [0.717, 1.165) is 23.5 Å². The van der Waals surface area contributed by atoms with Crippen LogP contribution in [0.1, 0.15) is 40.7 Å². The predicted octanol–water partition coefficient (Wildman–Crippen LogP) is 3.97. The number of thiazole rings is 1. The summed E-state index contributed by atoms with van der Waals surface area (Å²) in [4.78, 5) is 28.8. The summed E-state index contributed by atoms with van der Waals surface area (Å²) < 4.78 is 39.4. The summed E-state index contributed by atoms with van der Waals surface area (Å²) in [5, 5.41) is 13.6. The zero-order chi connectivity index (χ0) is 31.9. The largest absolute Gasteiger partial charge is 0.481 e. The second-order valence-corrected chi connectivity index (χ2v) is 14.1. The van der Waals surface area contributed by atoms with Crippen LogP contribution >= 0.6 is 11.3 Å². The number of nitrogens with zero attached hydrogens (tertiary/aromatic N) is 6. The Morgan fingerprint density at radius 2 is 1.91 bits per heavy atom. The average molecular weight is 651 g/mol. The van der Waals surface area contributed by atoms with E-state index in [1.807, 2.05) is 12.1 Å². The van der Waals surface area contributed by atoms with Crippen LogP contribution in [0.25, 0.3) is 22.0 Å². The number of benzene rings is 1. The summed E-state index contributed by atoms with van der Waals surface area (Å²) >= 11 is 1.45. The van der Waals surface area contributed by atoms with Crippen LogP contribution in [0.15, 0.2) is 47.2 Å². The van der Waals surface area contributed by atoms with Gasteiger partial charge in [0, 0.05) is 48.2 Å². The fraction of sp³-hybridized carbons (Fsp3) is 0.367. The number of aromatic nitrogens is 6. The standard InChI is InChI=1S/C30H34N8O5S2/c1-17-12-38(13-18(2)43-17)14-27-34-26(15-44-27)29(39)35-24-7-20(8-25-23(24)10-33-36-25)21-6-22(30(42-5)32-9-21)16-45(40,41)28-11-31-19(3)37(28)4/h6-11,15,17-18H,12-14,16H2,1-5H3,(H,33,36)(H,35,39)/t17-,18+. The van der Waals surface area contributed by atoms with Crippen molar-refractivity contribution in [2.24, 2.45) is 7.05 Å². The summed E-state index contributed by atoms with van der Waals surface area (Å²) in [5.74, 6) is 0.120. The summed E-state index contributed by atoms with van der Waals surface area (Å²) in [6, 6.07) is 5.41. The summed E-state index contributed by atoms with van der Waals surface area (Å²) in [6.07, 6.45) is 4.89. The Morgan fingerprint density at radius 3 is 2.62 bits per heavy atom. The number of aromatic amines is 1. The molecule has 15 heteroatoms. The van der Waals surface area contributed by atoms with Gasteiger partial charge >= 0.3 is 0 Å². The number of aryl methyl sites for hydroxylation is 1. The lowest BCUT2D eigenvalue weighted by molar-refractivity contribution is -0.0705. The maximum Gasteiger partial charge on any atom is 0.275 e. The predicted molar refractivity (Wildman–Crippen MR) is 170 cm³/mol. The van der Waals surface area contributed by atoms with Crippen molar-refractivity contribution in [3.05, 3.63) is 64.3 Å². The van der Waals surface area contributed by atoms with Gasteiger partial charge in [-0.1, -0.05) is 0 Å². The minimum atomic E-state index is -3.76. The van der Waals surface area contributed by atoms with E-state index in [1.54, 1.807) is 37.8 Å². The maximum absolute atomic E-state index is 13.4. The Bertz CT molecular complexity index is 1970. The quantitative estimate of drug-likeness (QED) is 0.239. The van der Waals surface area contributed by atoms with Crippen molar-refractivity contribution in [3.8, 4) is 17.0 Å². The number of fused-ring (bicyclic) bond motifs is 1. The molecule has 1 aromatic carbocycles. The maximum atomic E-state index is 13.4. The fourth-order valence-corrected chi connectivity index (χ4v) is 7.93. The van der Waals surface area contributed by atoms with Crippen molar-refractivity contribution in [1.29, 1.82) is 0 Å². The van der Waals surface area contributed by atoms with Crippen LogP contribution in [-0.4, -0.2) is 81.3 Å². The van der Waals surface area contributed by atoms with Gasteiger partial charge in [0.1, 0.15) is 16.5 Å². The van der Waals surface area contributed by atoms with Crippen molar-refractivity contribution in [2.45, 2.75) is 50.3 Å². The SMILES string of the molecule is COc1ncc(-c2cc(NC(=O)c3csc(CN4C[C@@H](C)O[C@@H](C)C4)n3)c3cn[nH]c3c2)cc1CS(=O)(=O)c1cnc(C)n1C. The molecule has 45 heavy (non-hydrogen) atoms. The molecule has 1 amide bonds. The van der Waals surface area contributed by atoms with Crippen LogP contribution in [0.4, 0.5) is 5.69 Å². The number of H-pyrrole nitrogens is 1. The molecular weight excluding hydrogens is 617 g/mol. The van der Waals surface area contributed by atoms with Crippen LogP contribution in [-0.2, 0) is 33.9 Å². The molecule has 2 atom stereocenters. The van der Waals surface area contributed by atoms with Gasteiger partial charge in [0.2, 0.25) is 5.88 Å². The van der Waals surface area contributed by atoms with Crippen LogP contribution in [0.3, 0.4) is 0 Å². The molecule has 0 bridgehead atoms. The summed E-state index contributed by atoms with van der Waals surface area (Å²) in [5.41, 5.74) is 3.27. The molecule has 1 fully saturated rings. The molecule has 0 aliphatic carbocycles. The molecular formula is C30H34N8O5S2. The highest BCUT2D eigenvalue weighted by Crippen LogP contribution is 2.33. The van der Waals surface area contributed by atoms with Crippen molar-refractivity contribution in [2.75, 3.05) is 25.5 Å². The number of nitrogens with one attached hydrogen (secondary N) is 2. The van der Waals surface area contributed by atoms with Gasteiger partial charge < -0.3 is 19.4 Å². The van der Waals surface area contributed by atoms with E-state index in [4.69, 9.17) is 9.47 Å². The number of amides is 1. The van der Waals surface area contributed by atoms with E-state index in [9.17, 15) is 13.2 Å². The van der Waals surface area contributed by atoms with E-state index < -0.39 is 9.84 Å². The van der Waals surface area contributed by atoms with E-state index in [0.29, 0.717) is 46.0 Å². The Kier molecular flexibility index (Phi) is 8.43. The third-order valence-electron chi connectivity index (χ3n) is 7.74. The monoisotopic (exact) mass is 650 g/mol. The molecule has 2 N–H and O–H groups in total. The molecule has 13 nitrogen and oxygen atoms in total. The fourth-order valence-electron chi connectivity index (χ4n) is 5.59. The number of carbonyl (C=O) groups excluding carboxylic acids is 1. The third-order valence-corrected chi connectivity index (χ3v) is 10.3. The minimum Gasteiger partial charge on any atom is -0.481 e. The topological polar surface area (TPSA) is 157 Å². The van der Waals surface area contributed by atoms with Crippen LogP contribution in [0, 0.1) is 6.92 Å². The van der Waals surface area contributed by atoms with E-state index in [1.165, 1.54) is 29.2 Å². The van der Waals surface area contributed by atoms with Gasteiger partial charge in [-0.25, -0.2) is 23.4 Å². The Labute approximate surface area is 264 Å². The van der Waals surface area contributed by atoms with Crippen molar-refractivity contribution >= 4 is 43.7 Å². The summed E-state index contributed by atoms with van der Waals surface area (Å²) in [7, 11) is -0.649. The Morgan fingerprint density at radius 1 is 1.13 bits per heavy atom. The van der Waals surface area contributed by atoms with Crippen molar-refractivity contribution in [1.82, 2.24) is 34.6 Å². The molecule has 6 rings (SSSR count). The molecule has 5 heterocycles. The molecule has 1 aliphatic heterocycles. The number of rotatable bonds is 9. The smallest absolute Gasteiger partial charge is 0.275 e. The number of methoxy groups -OCH3 is 1. The zero-order valence-corrected chi connectivity index (χ0v) is 27.2. The number of imidazole rings is 1. The first-order valence-electron chi connectivity index (χ1n) is 14.4. The number of anilines is 1. The van der Waals surface area contributed by atoms with Gasteiger partial charge in [0.25, 0.3) is 5.91 Å².